The Labute approximate surface area is 153 Å². The van der Waals surface area contributed by atoms with Gasteiger partial charge in [-0.25, -0.2) is 9.97 Å². The molecule has 2 aromatic heterocycles. The van der Waals surface area contributed by atoms with E-state index in [2.05, 4.69) is 33.0 Å². The Bertz CT molecular complexity index is 897. The summed E-state index contributed by atoms with van der Waals surface area (Å²) >= 11 is 3.31. The van der Waals surface area contributed by atoms with Crippen LogP contribution in [0.3, 0.4) is 0 Å². The molecule has 0 aliphatic carbocycles. The van der Waals surface area contributed by atoms with E-state index in [1.54, 1.807) is 29.2 Å². The van der Waals surface area contributed by atoms with Crippen molar-refractivity contribution in [2.45, 2.75) is 10.1 Å². The third-order valence-corrected chi connectivity index (χ3v) is 6.53. The first-order valence-electron chi connectivity index (χ1n) is 8.32. The van der Waals surface area contributed by atoms with Crippen molar-refractivity contribution in [1.82, 2.24) is 15.0 Å². The summed E-state index contributed by atoms with van der Waals surface area (Å²) in [5.41, 5.74) is 1.74. The molecule has 8 heteroatoms. The highest BCUT2D eigenvalue weighted by atomic mass is 32.2. The number of H-pyrrole nitrogens is 1. The van der Waals surface area contributed by atoms with E-state index in [4.69, 9.17) is 0 Å². The first-order valence-corrected chi connectivity index (χ1v) is 10.1. The Balaban J connectivity index is 1.49. The Hall–Kier alpha value is -1.90. The SMILES string of the molecule is C[NH+]1CCN(c2nc(CSc3nc4ccccc4s3)cc(=O)[nH]2)CC1. The molecule has 0 atom stereocenters. The summed E-state index contributed by atoms with van der Waals surface area (Å²) in [7, 11) is 2.19. The van der Waals surface area contributed by atoms with E-state index in [-0.39, 0.29) is 5.56 Å². The number of aromatic amines is 1. The molecule has 1 aromatic carbocycles. The normalized spacial score (nSPS) is 15.8. The summed E-state index contributed by atoms with van der Waals surface area (Å²) in [6.07, 6.45) is 0. The number of likely N-dealkylation sites (N-methyl/N-ethyl adjacent to an activating group) is 1. The molecule has 2 N–H and O–H groups in total. The highest BCUT2D eigenvalue weighted by molar-refractivity contribution is 8.00. The van der Waals surface area contributed by atoms with Crippen LogP contribution in [-0.2, 0) is 5.75 Å². The first-order chi connectivity index (χ1) is 12.2. The fourth-order valence-electron chi connectivity index (χ4n) is 2.87. The number of hydrogen-bond acceptors (Lipinski definition) is 6. The first kappa shape index (κ1) is 16.6. The topological polar surface area (TPSA) is 66.3 Å². The second kappa shape index (κ2) is 7.15. The van der Waals surface area contributed by atoms with E-state index < -0.39 is 0 Å². The summed E-state index contributed by atoms with van der Waals surface area (Å²) in [6.45, 7) is 3.97. The summed E-state index contributed by atoms with van der Waals surface area (Å²) < 4.78 is 2.19. The van der Waals surface area contributed by atoms with Gasteiger partial charge in [0.25, 0.3) is 5.56 Å². The molecule has 0 amide bonds. The van der Waals surface area contributed by atoms with Crippen molar-refractivity contribution in [1.29, 1.82) is 0 Å². The number of rotatable bonds is 4. The number of thiazole rings is 1. The molecular weight excluding hydrogens is 354 g/mol. The second-order valence-electron chi connectivity index (χ2n) is 6.24. The minimum Gasteiger partial charge on any atom is -0.334 e. The average molecular weight is 375 g/mol. The van der Waals surface area contributed by atoms with Crippen LogP contribution in [0.15, 0.2) is 39.5 Å². The van der Waals surface area contributed by atoms with E-state index >= 15 is 0 Å². The standard InChI is InChI=1S/C17H19N5OS2/c1-21-6-8-22(9-7-21)16-18-12(10-15(23)20-16)11-24-17-19-13-4-2-3-5-14(13)25-17/h2-5,10H,6-9,11H2,1H3,(H,18,20,23)/p+1. The Morgan fingerprint density at radius 2 is 2.08 bits per heavy atom. The second-order valence-corrected chi connectivity index (χ2v) is 8.49. The molecule has 6 nitrogen and oxygen atoms in total. The van der Waals surface area contributed by atoms with Crippen molar-refractivity contribution in [2.24, 2.45) is 0 Å². The lowest BCUT2D eigenvalue weighted by atomic mass is 10.3. The fraction of sp³-hybridized carbons (Fsp3) is 0.353. The highest BCUT2D eigenvalue weighted by Crippen LogP contribution is 2.30. The number of piperazine rings is 1. The summed E-state index contributed by atoms with van der Waals surface area (Å²) in [5.74, 6) is 1.34. The number of nitrogens with zero attached hydrogens (tertiary/aromatic N) is 3. The van der Waals surface area contributed by atoms with Crippen LogP contribution < -0.4 is 15.4 Å². The summed E-state index contributed by atoms with van der Waals surface area (Å²) in [6, 6.07) is 9.71. The number of quaternary nitrogens is 1. The van der Waals surface area contributed by atoms with Crippen LogP contribution in [0.25, 0.3) is 10.2 Å². The Kier molecular flexibility index (Phi) is 4.74. The third kappa shape index (κ3) is 3.86. The number of para-hydroxylation sites is 1. The molecule has 130 valence electrons. The van der Waals surface area contributed by atoms with Crippen LogP contribution in [0.2, 0.25) is 0 Å². The lowest BCUT2D eigenvalue weighted by Crippen LogP contribution is -3.12. The monoisotopic (exact) mass is 374 g/mol. The van der Waals surface area contributed by atoms with E-state index in [1.165, 1.54) is 9.60 Å². The van der Waals surface area contributed by atoms with Crippen molar-refractivity contribution in [3.05, 3.63) is 46.4 Å². The van der Waals surface area contributed by atoms with Crippen LogP contribution in [0.1, 0.15) is 5.69 Å². The molecule has 1 aliphatic heterocycles. The molecule has 1 aliphatic rings. The highest BCUT2D eigenvalue weighted by Gasteiger charge is 2.19. The predicted molar refractivity (Wildman–Crippen MR) is 103 cm³/mol. The van der Waals surface area contributed by atoms with Crippen molar-refractivity contribution in [3.8, 4) is 0 Å². The molecule has 0 bridgehead atoms. The van der Waals surface area contributed by atoms with Gasteiger partial charge in [0, 0.05) is 11.8 Å². The van der Waals surface area contributed by atoms with Gasteiger partial charge in [0.2, 0.25) is 5.95 Å². The number of fused-ring (bicyclic) bond motifs is 1. The Morgan fingerprint density at radius 3 is 2.88 bits per heavy atom. The number of thioether (sulfide) groups is 1. The fourth-order valence-corrected chi connectivity index (χ4v) is 4.83. The quantitative estimate of drug-likeness (QED) is 0.667. The van der Waals surface area contributed by atoms with Gasteiger partial charge in [0.15, 0.2) is 4.34 Å². The van der Waals surface area contributed by atoms with Crippen LogP contribution in [0.5, 0.6) is 0 Å². The predicted octanol–water partition coefficient (Wildman–Crippen LogP) is 1.01. The van der Waals surface area contributed by atoms with Crippen LogP contribution in [0, 0.1) is 0 Å². The van der Waals surface area contributed by atoms with Crippen molar-refractivity contribution in [2.75, 3.05) is 38.1 Å². The van der Waals surface area contributed by atoms with E-state index in [9.17, 15) is 4.79 Å². The summed E-state index contributed by atoms with van der Waals surface area (Å²) in [4.78, 5) is 27.9. The van der Waals surface area contributed by atoms with Gasteiger partial charge < -0.3 is 9.80 Å². The molecule has 4 rings (SSSR count). The largest absolute Gasteiger partial charge is 0.334 e. The van der Waals surface area contributed by atoms with Crippen LogP contribution in [0.4, 0.5) is 5.95 Å². The zero-order chi connectivity index (χ0) is 17.2. The number of aromatic nitrogens is 3. The molecule has 0 spiro atoms. The van der Waals surface area contributed by atoms with E-state index in [0.29, 0.717) is 11.7 Å². The van der Waals surface area contributed by atoms with E-state index in [1.807, 2.05) is 18.2 Å². The zero-order valence-electron chi connectivity index (χ0n) is 14.0. The zero-order valence-corrected chi connectivity index (χ0v) is 15.6. The molecule has 1 saturated heterocycles. The van der Waals surface area contributed by atoms with Gasteiger partial charge in [-0.15, -0.1) is 11.3 Å². The maximum absolute atomic E-state index is 12.0. The number of nitrogens with one attached hydrogen (secondary N) is 2. The van der Waals surface area contributed by atoms with Gasteiger partial charge in [-0.2, -0.15) is 0 Å². The molecular formula is C17H20N5OS2+. The number of benzene rings is 1. The third-order valence-electron chi connectivity index (χ3n) is 4.32. The maximum atomic E-state index is 12.0. The van der Waals surface area contributed by atoms with Gasteiger partial charge in [-0.3, -0.25) is 9.78 Å². The van der Waals surface area contributed by atoms with Crippen LogP contribution >= 0.6 is 23.1 Å². The minimum atomic E-state index is -0.0869. The molecule has 3 heterocycles. The lowest BCUT2D eigenvalue weighted by molar-refractivity contribution is -0.880. The molecule has 0 saturated carbocycles. The van der Waals surface area contributed by atoms with Gasteiger partial charge in [0.05, 0.1) is 49.1 Å². The molecule has 3 aromatic rings. The average Bonchev–Trinajstić information content (AvgIpc) is 3.03. The lowest BCUT2D eigenvalue weighted by Gasteiger charge is -2.30. The number of anilines is 1. The minimum absolute atomic E-state index is 0.0869. The van der Waals surface area contributed by atoms with Gasteiger partial charge in [-0.1, -0.05) is 23.9 Å². The van der Waals surface area contributed by atoms with Gasteiger partial charge in [-0.05, 0) is 12.1 Å². The molecule has 0 radical (unpaired) electrons. The molecule has 25 heavy (non-hydrogen) atoms. The van der Waals surface area contributed by atoms with Gasteiger partial charge >= 0.3 is 0 Å². The van der Waals surface area contributed by atoms with Crippen molar-refractivity contribution < 1.29 is 4.90 Å². The van der Waals surface area contributed by atoms with Crippen molar-refractivity contribution >= 4 is 39.3 Å². The van der Waals surface area contributed by atoms with Crippen molar-refractivity contribution in [3.63, 3.8) is 0 Å². The van der Waals surface area contributed by atoms with Gasteiger partial charge in [0.1, 0.15) is 0 Å². The molecule has 0 unspecified atom stereocenters. The molecule has 1 fully saturated rings. The van der Waals surface area contributed by atoms with Crippen LogP contribution in [-0.4, -0.2) is 48.2 Å². The van der Waals surface area contributed by atoms with E-state index in [0.717, 1.165) is 41.7 Å². The maximum Gasteiger partial charge on any atom is 0.252 e. The Morgan fingerprint density at radius 1 is 1.28 bits per heavy atom. The number of hydrogen-bond donors (Lipinski definition) is 2. The smallest absolute Gasteiger partial charge is 0.252 e. The summed E-state index contributed by atoms with van der Waals surface area (Å²) in [5, 5.41) is 0.